The Morgan fingerprint density at radius 3 is 2.71 bits per heavy atom. The first kappa shape index (κ1) is 17.6. The number of hydrogen-bond donors (Lipinski definition) is 2. The van der Waals surface area contributed by atoms with E-state index in [1.807, 2.05) is 6.92 Å². The van der Waals surface area contributed by atoms with Crippen LogP contribution in [0.2, 0.25) is 10.0 Å². The smallest absolute Gasteiger partial charge is 0.326 e. The van der Waals surface area contributed by atoms with Crippen LogP contribution in [0.15, 0.2) is 18.2 Å². The molecule has 0 heterocycles. The van der Waals surface area contributed by atoms with Crippen molar-refractivity contribution in [1.29, 1.82) is 0 Å². The second kappa shape index (κ2) is 8.74. The van der Waals surface area contributed by atoms with Gasteiger partial charge in [-0.25, -0.2) is 4.79 Å². The third-order valence-electron chi connectivity index (χ3n) is 2.73. The average Bonchev–Trinajstić information content (AvgIpc) is 2.44. The topological polar surface area (TPSA) is 75.6 Å². The molecule has 21 heavy (non-hydrogen) atoms. The van der Waals surface area contributed by atoms with Crippen molar-refractivity contribution in [2.75, 3.05) is 6.61 Å². The van der Waals surface area contributed by atoms with Crippen LogP contribution >= 0.6 is 23.2 Å². The highest BCUT2D eigenvalue weighted by atomic mass is 35.5. The third kappa shape index (κ3) is 6.23. The highest BCUT2D eigenvalue weighted by Gasteiger charge is 2.19. The van der Waals surface area contributed by atoms with Gasteiger partial charge in [0, 0.05) is 11.1 Å². The predicted octanol–water partition coefficient (Wildman–Crippen LogP) is 3.13. The van der Waals surface area contributed by atoms with E-state index >= 15 is 0 Å². The number of carboxylic acids is 1. The van der Waals surface area contributed by atoms with Gasteiger partial charge in [0.15, 0.2) is 6.61 Å². The van der Waals surface area contributed by atoms with E-state index < -0.39 is 17.9 Å². The Bertz CT molecular complexity index is 508. The number of amides is 1. The normalized spacial score (nSPS) is 11.8. The van der Waals surface area contributed by atoms with Gasteiger partial charge in [-0.3, -0.25) is 4.79 Å². The minimum absolute atomic E-state index is 0.278. The summed E-state index contributed by atoms with van der Waals surface area (Å²) >= 11 is 11.7. The maximum atomic E-state index is 11.7. The van der Waals surface area contributed by atoms with Gasteiger partial charge >= 0.3 is 5.97 Å². The SMILES string of the molecule is CCCCC(NC(=O)COc1cc(Cl)ccc1Cl)C(=O)O. The highest BCUT2D eigenvalue weighted by molar-refractivity contribution is 6.34. The Hall–Kier alpha value is -1.46. The average molecular weight is 334 g/mol. The zero-order valence-electron chi connectivity index (χ0n) is 11.6. The molecule has 0 saturated heterocycles. The molecule has 5 nitrogen and oxygen atoms in total. The molecule has 0 aliphatic heterocycles. The largest absolute Gasteiger partial charge is 0.482 e. The lowest BCUT2D eigenvalue weighted by Crippen LogP contribution is -2.42. The minimum Gasteiger partial charge on any atom is -0.482 e. The summed E-state index contributed by atoms with van der Waals surface area (Å²) in [5.74, 6) is -1.30. The van der Waals surface area contributed by atoms with Crippen LogP contribution in [0.4, 0.5) is 0 Å². The number of halogens is 2. The van der Waals surface area contributed by atoms with Gasteiger partial charge in [-0.05, 0) is 18.6 Å². The van der Waals surface area contributed by atoms with Crippen LogP contribution in [0.3, 0.4) is 0 Å². The maximum absolute atomic E-state index is 11.7. The fourth-order valence-electron chi connectivity index (χ4n) is 1.63. The number of benzene rings is 1. The summed E-state index contributed by atoms with van der Waals surface area (Å²) in [6, 6.07) is 3.74. The summed E-state index contributed by atoms with van der Waals surface area (Å²) in [5, 5.41) is 12.2. The molecule has 2 N–H and O–H groups in total. The molecule has 0 aromatic heterocycles. The van der Waals surface area contributed by atoms with E-state index in [2.05, 4.69) is 5.32 Å². The monoisotopic (exact) mass is 333 g/mol. The number of ether oxygens (including phenoxy) is 1. The molecular formula is C14H17Cl2NO4. The fraction of sp³-hybridized carbons (Fsp3) is 0.429. The lowest BCUT2D eigenvalue weighted by molar-refractivity contribution is -0.142. The summed E-state index contributed by atoms with van der Waals surface area (Å²) in [5.41, 5.74) is 0. The van der Waals surface area contributed by atoms with Crippen LogP contribution in [0.25, 0.3) is 0 Å². The lowest BCUT2D eigenvalue weighted by Gasteiger charge is -2.14. The van der Waals surface area contributed by atoms with Crippen LogP contribution in [-0.4, -0.2) is 29.6 Å². The van der Waals surface area contributed by atoms with Crippen LogP contribution in [0, 0.1) is 0 Å². The molecule has 1 atom stereocenters. The van der Waals surface area contributed by atoms with Gasteiger partial charge in [0.25, 0.3) is 5.91 Å². The number of hydrogen-bond acceptors (Lipinski definition) is 3. The molecule has 116 valence electrons. The first-order valence-corrected chi connectivity index (χ1v) is 7.29. The number of carboxylic acid groups (broad SMARTS) is 1. The van der Waals surface area contributed by atoms with Gasteiger partial charge in [0.05, 0.1) is 5.02 Å². The summed E-state index contributed by atoms with van der Waals surface area (Å²) in [4.78, 5) is 22.7. The molecule has 1 rings (SSSR count). The van der Waals surface area contributed by atoms with Gasteiger partial charge in [-0.2, -0.15) is 0 Å². The molecule has 0 aliphatic carbocycles. The van der Waals surface area contributed by atoms with Crippen LogP contribution < -0.4 is 10.1 Å². The van der Waals surface area contributed by atoms with E-state index in [1.54, 1.807) is 12.1 Å². The zero-order chi connectivity index (χ0) is 15.8. The Labute approximate surface area is 133 Å². The standard InChI is InChI=1S/C14H17Cl2NO4/c1-2-3-4-11(14(19)20)17-13(18)8-21-12-7-9(15)5-6-10(12)16/h5-7,11H,2-4,8H2,1H3,(H,17,18)(H,19,20). The molecule has 0 radical (unpaired) electrons. The fourth-order valence-corrected chi connectivity index (χ4v) is 1.97. The van der Waals surface area contributed by atoms with Crippen LogP contribution in [-0.2, 0) is 9.59 Å². The number of nitrogens with one attached hydrogen (secondary N) is 1. The zero-order valence-corrected chi connectivity index (χ0v) is 13.1. The van der Waals surface area contributed by atoms with Crippen LogP contribution in [0.1, 0.15) is 26.2 Å². The molecule has 0 aliphatic rings. The Morgan fingerprint density at radius 1 is 1.38 bits per heavy atom. The molecule has 0 fully saturated rings. The minimum atomic E-state index is -1.06. The van der Waals surface area contributed by atoms with E-state index in [0.717, 1.165) is 12.8 Å². The summed E-state index contributed by atoms with van der Waals surface area (Å²) in [7, 11) is 0. The van der Waals surface area contributed by atoms with Gasteiger partial charge in [0.2, 0.25) is 0 Å². The number of rotatable bonds is 8. The number of aliphatic carboxylic acids is 1. The second-order valence-electron chi connectivity index (χ2n) is 4.46. The number of unbranched alkanes of at least 4 members (excludes halogenated alkanes) is 1. The van der Waals surface area contributed by atoms with E-state index in [4.69, 9.17) is 33.0 Å². The Balaban J connectivity index is 2.52. The van der Waals surface area contributed by atoms with Gasteiger partial charge in [-0.15, -0.1) is 0 Å². The molecule has 0 spiro atoms. The lowest BCUT2D eigenvalue weighted by atomic mass is 10.1. The van der Waals surface area contributed by atoms with Gasteiger partial charge in [0.1, 0.15) is 11.8 Å². The molecule has 0 saturated carbocycles. The van der Waals surface area contributed by atoms with Gasteiger partial charge < -0.3 is 15.2 Å². The van der Waals surface area contributed by atoms with Crippen molar-refractivity contribution in [2.45, 2.75) is 32.2 Å². The second-order valence-corrected chi connectivity index (χ2v) is 5.31. The van der Waals surface area contributed by atoms with E-state index in [0.29, 0.717) is 16.5 Å². The van der Waals surface area contributed by atoms with Crippen molar-refractivity contribution in [1.82, 2.24) is 5.32 Å². The molecule has 0 bridgehead atoms. The third-order valence-corrected chi connectivity index (χ3v) is 3.28. The molecule has 1 unspecified atom stereocenters. The maximum Gasteiger partial charge on any atom is 0.326 e. The Morgan fingerprint density at radius 2 is 2.10 bits per heavy atom. The molecule has 1 aromatic carbocycles. The molecule has 1 amide bonds. The van der Waals surface area contributed by atoms with Crippen LogP contribution in [0.5, 0.6) is 5.75 Å². The molecular weight excluding hydrogens is 317 g/mol. The van der Waals surface area contributed by atoms with Crippen molar-refractivity contribution in [3.05, 3.63) is 28.2 Å². The summed E-state index contributed by atoms with van der Waals surface area (Å²) < 4.78 is 5.24. The van der Waals surface area contributed by atoms with Crippen molar-refractivity contribution >= 4 is 35.1 Å². The summed E-state index contributed by atoms with van der Waals surface area (Å²) in [6.07, 6.45) is 1.96. The van der Waals surface area contributed by atoms with Crippen molar-refractivity contribution in [3.63, 3.8) is 0 Å². The quantitative estimate of drug-likeness (QED) is 0.766. The number of carbonyl (C=O) groups is 2. The molecule has 7 heteroatoms. The summed E-state index contributed by atoms with van der Waals surface area (Å²) in [6.45, 7) is 1.63. The first-order chi connectivity index (χ1) is 9.93. The Kier molecular flexibility index (Phi) is 7.32. The van der Waals surface area contributed by atoms with Crippen molar-refractivity contribution < 1.29 is 19.4 Å². The van der Waals surface area contributed by atoms with Gasteiger partial charge in [-0.1, -0.05) is 43.0 Å². The van der Waals surface area contributed by atoms with E-state index in [-0.39, 0.29) is 12.4 Å². The van der Waals surface area contributed by atoms with E-state index in [1.165, 1.54) is 6.07 Å². The van der Waals surface area contributed by atoms with Crippen molar-refractivity contribution in [3.8, 4) is 5.75 Å². The predicted molar refractivity (Wildman–Crippen MR) is 81.0 cm³/mol. The first-order valence-electron chi connectivity index (χ1n) is 6.54. The number of carbonyl (C=O) groups excluding carboxylic acids is 1. The highest BCUT2D eigenvalue weighted by Crippen LogP contribution is 2.27. The molecule has 1 aromatic rings. The van der Waals surface area contributed by atoms with Crippen molar-refractivity contribution in [2.24, 2.45) is 0 Å². The van der Waals surface area contributed by atoms with E-state index in [9.17, 15) is 9.59 Å².